The number of quaternary nitrogens is 1. The van der Waals surface area contributed by atoms with Gasteiger partial charge in [0.05, 0.1) is 0 Å². The van der Waals surface area contributed by atoms with Gasteiger partial charge in [-0.1, -0.05) is 6.16 Å². The van der Waals surface area contributed by atoms with E-state index in [1.165, 1.54) is 0 Å². The molecule has 0 heterocycles. The van der Waals surface area contributed by atoms with E-state index in [4.69, 9.17) is 0 Å². The fourth-order valence-electron chi connectivity index (χ4n) is 0. The van der Waals surface area contributed by atoms with Crippen molar-refractivity contribution in [2.75, 3.05) is 12.8 Å². The van der Waals surface area contributed by atoms with E-state index >= 15 is 0 Å². The Hall–Kier alpha value is 0.350. The zero-order valence-electron chi connectivity index (χ0n) is 3.40. The second-order valence-corrected chi connectivity index (χ2v) is 1.07. The third-order valence-electron chi connectivity index (χ3n) is 0.118. The van der Waals surface area contributed by atoms with E-state index in [0.29, 0.717) is 6.16 Å². The molecule has 5 heavy (non-hydrogen) atoms. The molecule has 0 aliphatic carbocycles. The average Bonchev–Trinajstić information content (AvgIpc) is 1.37. The van der Waals surface area contributed by atoms with E-state index in [1.807, 2.05) is 0 Å². The monoisotopic (exact) mass is 95.1 g/mol. The van der Waals surface area contributed by atoms with E-state index in [0.717, 1.165) is 0 Å². The Kier molecular flexibility index (Phi) is 15.9. The molecule has 0 aromatic carbocycles. The maximum Gasteiger partial charge on any atom is -0.0535 e. The molecule has 0 aliphatic heterocycles. The van der Waals surface area contributed by atoms with Crippen LogP contribution in [0.4, 0.5) is 0 Å². The molecule has 1 atom stereocenters. The van der Waals surface area contributed by atoms with Crippen LogP contribution in [0, 0.1) is 0 Å². The van der Waals surface area contributed by atoms with E-state index in [-0.39, 0.29) is 12.8 Å². The van der Waals surface area contributed by atoms with Gasteiger partial charge in [-0.2, -0.15) is 0 Å². The van der Waals surface area contributed by atoms with Gasteiger partial charge in [0, 0.05) is 0 Å². The number of rotatable bonds is 1. The summed E-state index contributed by atoms with van der Waals surface area (Å²) in [5, 5.41) is 9.28. The van der Waals surface area contributed by atoms with Crippen molar-refractivity contribution in [3.05, 3.63) is 0 Å². The normalized spacial score (nSPS) is 6.00. The van der Waals surface area contributed by atoms with E-state index < -0.39 is 0 Å². The third kappa shape index (κ3) is 13.2. The van der Waals surface area contributed by atoms with Crippen LogP contribution in [-0.4, -0.2) is 12.8 Å². The number of hydrogen-bond donors (Lipinski definition) is 1. The van der Waals surface area contributed by atoms with Crippen LogP contribution < -0.4 is 11.3 Å². The van der Waals surface area contributed by atoms with E-state index in [2.05, 4.69) is 9.24 Å². The van der Waals surface area contributed by atoms with Crippen LogP contribution in [0.1, 0.15) is 0 Å². The molecule has 0 radical (unpaired) electrons. The molecule has 0 saturated carbocycles. The largest absolute Gasteiger partial charge is 0.854 e. The standard InChI is InChI=1S/C2H6OP.H3N/c3-1-2-4;/h1-2,4H2;1H3/q-1;/p+1. The lowest BCUT2D eigenvalue weighted by molar-refractivity contribution is -0.360. The third-order valence-corrected chi connectivity index (χ3v) is 0.354. The first-order chi connectivity index (χ1) is 1.91. The highest BCUT2D eigenvalue weighted by atomic mass is 31.0. The first-order valence-electron chi connectivity index (χ1n) is 1.20. The fraction of sp³-hybridized carbons (Fsp3) is 1.00. The molecule has 0 amide bonds. The lowest BCUT2D eigenvalue weighted by atomic mass is 10.9. The molecular formula is C2H10NOP. The lowest BCUT2D eigenvalue weighted by Gasteiger charge is -1.89. The van der Waals surface area contributed by atoms with Crippen molar-refractivity contribution in [1.29, 1.82) is 0 Å². The summed E-state index contributed by atoms with van der Waals surface area (Å²) < 4.78 is 0. The van der Waals surface area contributed by atoms with Crippen molar-refractivity contribution in [2.24, 2.45) is 0 Å². The zero-order chi connectivity index (χ0) is 3.41. The van der Waals surface area contributed by atoms with Crippen molar-refractivity contribution in [2.45, 2.75) is 0 Å². The molecule has 0 rings (SSSR count). The zero-order valence-corrected chi connectivity index (χ0v) is 4.55. The Balaban J connectivity index is 0. The van der Waals surface area contributed by atoms with Gasteiger partial charge in [0.2, 0.25) is 0 Å². The van der Waals surface area contributed by atoms with Gasteiger partial charge in [-0.25, -0.2) is 0 Å². The molecule has 0 aromatic rings. The maximum absolute atomic E-state index is 9.28. The summed E-state index contributed by atoms with van der Waals surface area (Å²) in [4.78, 5) is 0. The van der Waals surface area contributed by atoms with Crippen molar-refractivity contribution in [3.8, 4) is 0 Å². The quantitative estimate of drug-likeness (QED) is 0.442. The summed E-state index contributed by atoms with van der Waals surface area (Å²) in [5.41, 5.74) is 0. The summed E-state index contributed by atoms with van der Waals surface area (Å²) >= 11 is 0. The average molecular weight is 95.1 g/mol. The predicted octanol–water partition coefficient (Wildman–Crippen LogP) is -0.402. The Morgan fingerprint density at radius 2 is 1.80 bits per heavy atom. The summed E-state index contributed by atoms with van der Waals surface area (Å²) in [5.74, 6) is 0. The highest BCUT2D eigenvalue weighted by Gasteiger charge is 1.45. The first-order valence-corrected chi connectivity index (χ1v) is 2.01. The lowest BCUT2D eigenvalue weighted by Crippen LogP contribution is -2.04. The smallest absolute Gasteiger partial charge is 0.0535 e. The van der Waals surface area contributed by atoms with Crippen molar-refractivity contribution >= 4 is 9.24 Å². The summed E-state index contributed by atoms with van der Waals surface area (Å²) in [7, 11) is 2.34. The summed E-state index contributed by atoms with van der Waals surface area (Å²) in [6.45, 7) is 0.0324. The predicted molar refractivity (Wildman–Crippen MR) is 25.4 cm³/mol. The molecule has 0 fully saturated rings. The minimum Gasteiger partial charge on any atom is -0.854 e. The first kappa shape index (κ1) is 9.02. The minimum absolute atomic E-state index is 0. The van der Waals surface area contributed by atoms with Crippen LogP contribution in [0.3, 0.4) is 0 Å². The van der Waals surface area contributed by atoms with E-state index in [9.17, 15) is 5.11 Å². The van der Waals surface area contributed by atoms with Crippen LogP contribution >= 0.6 is 9.24 Å². The van der Waals surface area contributed by atoms with Crippen molar-refractivity contribution in [3.63, 3.8) is 0 Å². The van der Waals surface area contributed by atoms with Gasteiger partial charge < -0.3 is 11.3 Å². The van der Waals surface area contributed by atoms with Crippen LogP contribution in [-0.2, 0) is 0 Å². The van der Waals surface area contributed by atoms with Gasteiger partial charge in [-0.05, 0) is 0 Å². The fourth-order valence-corrected chi connectivity index (χ4v) is 0. The molecule has 1 unspecified atom stereocenters. The van der Waals surface area contributed by atoms with Gasteiger partial charge in [0.25, 0.3) is 0 Å². The highest BCUT2D eigenvalue weighted by molar-refractivity contribution is 7.16. The van der Waals surface area contributed by atoms with Gasteiger partial charge in [-0.3, -0.25) is 0 Å². The minimum atomic E-state index is 0. The summed E-state index contributed by atoms with van der Waals surface area (Å²) in [6.07, 6.45) is 0.681. The summed E-state index contributed by atoms with van der Waals surface area (Å²) in [6, 6.07) is 0. The Morgan fingerprint density at radius 3 is 1.80 bits per heavy atom. The van der Waals surface area contributed by atoms with Crippen molar-refractivity contribution < 1.29 is 5.11 Å². The molecule has 4 N–H and O–H groups in total. The molecule has 34 valence electrons. The van der Waals surface area contributed by atoms with Gasteiger partial charge in [0.15, 0.2) is 0 Å². The Labute approximate surface area is 34.4 Å². The maximum atomic E-state index is 9.28. The molecule has 0 bridgehead atoms. The highest BCUT2D eigenvalue weighted by Crippen LogP contribution is 1.68. The molecule has 0 aromatic heterocycles. The molecule has 3 heteroatoms. The second kappa shape index (κ2) is 8.84. The molecular weight excluding hydrogens is 85.0 g/mol. The molecule has 0 saturated heterocycles. The van der Waals surface area contributed by atoms with Gasteiger partial charge in [0.1, 0.15) is 0 Å². The Morgan fingerprint density at radius 1 is 1.60 bits per heavy atom. The van der Waals surface area contributed by atoms with Gasteiger partial charge in [-0.15, -0.1) is 15.8 Å². The van der Waals surface area contributed by atoms with E-state index in [1.54, 1.807) is 0 Å². The molecule has 2 nitrogen and oxygen atoms in total. The molecule has 0 spiro atoms. The second-order valence-electron chi connectivity index (χ2n) is 0.493. The Bertz CT molecular complexity index is 11.6. The number of hydrogen-bond acceptors (Lipinski definition) is 1. The van der Waals surface area contributed by atoms with Crippen molar-refractivity contribution in [1.82, 2.24) is 6.15 Å². The van der Waals surface area contributed by atoms with Crippen LogP contribution in [0.15, 0.2) is 0 Å². The SMILES string of the molecule is [NH4+].[O-]CCP. The van der Waals surface area contributed by atoms with Crippen LogP contribution in [0.5, 0.6) is 0 Å². The molecule has 0 aliphatic rings. The van der Waals surface area contributed by atoms with Crippen LogP contribution in [0.25, 0.3) is 0 Å². The topological polar surface area (TPSA) is 59.6 Å². The van der Waals surface area contributed by atoms with Crippen LogP contribution in [0.2, 0.25) is 0 Å². The van der Waals surface area contributed by atoms with Gasteiger partial charge >= 0.3 is 0 Å².